The second-order valence-corrected chi connectivity index (χ2v) is 10.6. The summed E-state index contributed by atoms with van der Waals surface area (Å²) in [6.07, 6.45) is 0.845. The fourth-order valence-corrected chi connectivity index (χ4v) is 4.43. The molecule has 0 saturated heterocycles. The van der Waals surface area contributed by atoms with Crippen molar-refractivity contribution in [1.29, 1.82) is 0 Å². The van der Waals surface area contributed by atoms with Crippen LogP contribution in [-0.4, -0.2) is 53.6 Å². The Morgan fingerprint density at radius 2 is 1.53 bits per heavy atom. The number of hydrogen-bond acceptors (Lipinski definition) is 5. The molecule has 1 aromatic carbocycles. The third kappa shape index (κ3) is 9.69. The molecule has 0 radical (unpaired) electrons. The van der Waals surface area contributed by atoms with Crippen LogP contribution >= 0.6 is 7.60 Å². The smallest absolute Gasteiger partial charge is 0.342 e. The maximum absolute atomic E-state index is 13.1. The van der Waals surface area contributed by atoms with Gasteiger partial charge in [0, 0.05) is 13.5 Å². The van der Waals surface area contributed by atoms with Crippen molar-refractivity contribution in [2.75, 3.05) is 14.2 Å². The van der Waals surface area contributed by atoms with E-state index in [-0.39, 0.29) is 30.6 Å². The van der Waals surface area contributed by atoms with Gasteiger partial charge in [-0.15, -0.1) is 0 Å². The fourth-order valence-electron chi connectivity index (χ4n) is 3.36. The first kappa shape index (κ1) is 28.1. The molecule has 0 saturated carbocycles. The number of hydrogen-bond donors (Lipinski definition) is 5. The van der Waals surface area contributed by atoms with Crippen molar-refractivity contribution in [2.45, 2.75) is 64.8 Å². The topological polar surface area (TPSA) is 137 Å². The van der Waals surface area contributed by atoms with Crippen LogP contribution in [0.1, 0.15) is 46.1 Å². The Bertz CT molecular complexity index is 778. The number of ether oxygens (including phenoxy) is 1. The Kier molecular flexibility index (Phi) is 11.4. The molecule has 9 nitrogen and oxygen atoms in total. The van der Waals surface area contributed by atoms with Crippen molar-refractivity contribution in [3.05, 3.63) is 29.8 Å². The van der Waals surface area contributed by atoms with Crippen LogP contribution < -0.4 is 20.7 Å². The third-order valence-corrected chi connectivity index (χ3v) is 6.17. The second-order valence-electron chi connectivity index (χ2n) is 8.81. The molecule has 0 spiro atoms. The molecule has 3 atom stereocenters. The van der Waals surface area contributed by atoms with Crippen LogP contribution in [0, 0.1) is 11.8 Å². The average molecular weight is 472 g/mol. The highest BCUT2D eigenvalue weighted by Crippen LogP contribution is 2.43. The molecule has 0 aliphatic rings. The molecular formula is C22H38N3O6P. The third-order valence-electron chi connectivity index (χ3n) is 5.00. The standard InChI is InChI=1S/C22H38N3O6P/c1-14(2)11-18(24-20(12-15(3)4)32(28,29)30)22(27)25-19(21(26)23-5)13-16-7-9-17(31-6)10-8-16/h7-10,14-15,18-20,24H,11-13H2,1-6H3,(H,23,26)(H,25,27)(H2,28,29,30)/t18-,19-,20+/m0/s1. The first-order valence-electron chi connectivity index (χ1n) is 10.8. The van der Waals surface area contributed by atoms with Gasteiger partial charge in [0.15, 0.2) is 0 Å². The molecule has 0 aromatic heterocycles. The van der Waals surface area contributed by atoms with E-state index in [0.717, 1.165) is 5.56 Å². The largest absolute Gasteiger partial charge is 0.497 e. The van der Waals surface area contributed by atoms with Gasteiger partial charge in [0.25, 0.3) is 0 Å². The number of rotatable bonds is 13. The first-order chi connectivity index (χ1) is 14.9. The maximum atomic E-state index is 13.1. The summed E-state index contributed by atoms with van der Waals surface area (Å²) < 4.78 is 17.2. The minimum atomic E-state index is -4.47. The molecule has 10 heteroatoms. The Hall–Kier alpha value is -1.93. The summed E-state index contributed by atoms with van der Waals surface area (Å²) in [4.78, 5) is 45.1. The number of methoxy groups -OCH3 is 1. The van der Waals surface area contributed by atoms with Gasteiger partial charge in [0.2, 0.25) is 11.8 Å². The van der Waals surface area contributed by atoms with E-state index < -0.39 is 31.4 Å². The first-order valence-corrected chi connectivity index (χ1v) is 12.5. The Balaban J connectivity index is 3.05. The Morgan fingerprint density at radius 1 is 0.969 bits per heavy atom. The number of benzene rings is 1. The average Bonchev–Trinajstić information content (AvgIpc) is 2.70. The van der Waals surface area contributed by atoms with Crippen molar-refractivity contribution in [3.8, 4) is 5.75 Å². The molecule has 1 aromatic rings. The monoisotopic (exact) mass is 471 g/mol. The zero-order chi connectivity index (χ0) is 24.5. The predicted molar refractivity (Wildman–Crippen MR) is 124 cm³/mol. The van der Waals surface area contributed by atoms with Crippen LogP contribution in [0.25, 0.3) is 0 Å². The normalized spacial score (nSPS) is 14.7. The molecule has 0 bridgehead atoms. The summed E-state index contributed by atoms with van der Waals surface area (Å²) in [7, 11) is -1.41. The molecule has 0 heterocycles. The molecule has 182 valence electrons. The Morgan fingerprint density at radius 3 is 1.97 bits per heavy atom. The molecule has 0 aliphatic heterocycles. The summed E-state index contributed by atoms with van der Waals surface area (Å²) in [6.45, 7) is 7.56. The number of carbonyl (C=O) groups excluding carboxylic acids is 2. The van der Waals surface area contributed by atoms with Crippen molar-refractivity contribution in [1.82, 2.24) is 16.0 Å². The quantitative estimate of drug-likeness (QED) is 0.278. The van der Waals surface area contributed by atoms with Gasteiger partial charge in [-0.05, 0) is 42.4 Å². The van der Waals surface area contributed by atoms with Crippen molar-refractivity contribution < 1.29 is 28.7 Å². The van der Waals surface area contributed by atoms with Gasteiger partial charge < -0.3 is 25.2 Å². The highest BCUT2D eigenvalue weighted by Gasteiger charge is 2.34. The van der Waals surface area contributed by atoms with Gasteiger partial charge in [-0.2, -0.15) is 0 Å². The van der Waals surface area contributed by atoms with E-state index in [0.29, 0.717) is 12.2 Å². The van der Waals surface area contributed by atoms with Gasteiger partial charge in [0.1, 0.15) is 17.6 Å². The van der Waals surface area contributed by atoms with Crippen LogP contribution in [-0.2, 0) is 20.6 Å². The maximum Gasteiger partial charge on any atom is 0.342 e. The van der Waals surface area contributed by atoms with Crippen LogP contribution in [0.2, 0.25) is 0 Å². The Labute approximate surface area is 190 Å². The van der Waals surface area contributed by atoms with Gasteiger partial charge >= 0.3 is 7.60 Å². The number of nitrogens with one attached hydrogen (secondary N) is 3. The van der Waals surface area contributed by atoms with E-state index >= 15 is 0 Å². The van der Waals surface area contributed by atoms with E-state index in [4.69, 9.17) is 4.74 Å². The SMILES string of the molecule is CNC(=O)[C@H](Cc1ccc(OC)cc1)NC(=O)[C@H](CC(C)C)N[C@@H](CC(C)C)P(=O)(O)O. The van der Waals surface area contributed by atoms with E-state index in [1.165, 1.54) is 7.05 Å². The summed E-state index contributed by atoms with van der Waals surface area (Å²) in [5.74, 6) is -1.17. The second kappa shape index (κ2) is 12.9. The van der Waals surface area contributed by atoms with Crippen LogP contribution in [0.4, 0.5) is 0 Å². The highest BCUT2D eigenvalue weighted by atomic mass is 31.2. The van der Waals surface area contributed by atoms with Crippen molar-refractivity contribution in [2.24, 2.45) is 11.8 Å². The zero-order valence-corrected chi connectivity index (χ0v) is 20.7. The van der Waals surface area contributed by atoms with Crippen molar-refractivity contribution >= 4 is 19.4 Å². The summed E-state index contributed by atoms with van der Waals surface area (Å²) in [6, 6.07) is 5.49. The minimum absolute atomic E-state index is 0.0246. The van der Waals surface area contributed by atoms with E-state index in [9.17, 15) is 23.9 Å². The molecular weight excluding hydrogens is 433 g/mol. The van der Waals surface area contributed by atoms with Crippen LogP contribution in [0.3, 0.4) is 0 Å². The van der Waals surface area contributed by atoms with Gasteiger partial charge in [0.05, 0.1) is 13.2 Å². The van der Waals surface area contributed by atoms with Gasteiger partial charge in [-0.3, -0.25) is 19.5 Å². The molecule has 5 N–H and O–H groups in total. The zero-order valence-electron chi connectivity index (χ0n) is 19.8. The molecule has 0 unspecified atom stereocenters. The van der Waals surface area contributed by atoms with Gasteiger partial charge in [-0.1, -0.05) is 39.8 Å². The highest BCUT2D eigenvalue weighted by molar-refractivity contribution is 7.52. The molecule has 0 aliphatic carbocycles. The summed E-state index contributed by atoms with van der Waals surface area (Å²) >= 11 is 0. The van der Waals surface area contributed by atoms with Crippen LogP contribution in [0.15, 0.2) is 24.3 Å². The van der Waals surface area contributed by atoms with E-state index in [1.807, 2.05) is 39.8 Å². The van der Waals surface area contributed by atoms with E-state index in [2.05, 4.69) is 16.0 Å². The van der Waals surface area contributed by atoms with Gasteiger partial charge in [-0.25, -0.2) is 0 Å². The molecule has 0 fully saturated rings. The lowest BCUT2D eigenvalue weighted by molar-refractivity contribution is -0.130. The summed E-state index contributed by atoms with van der Waals surface area (Å²) in [5, 5.41) is 8.20. The molecule has 1 rings (SSSR count). The molecule has 32 heavy (non-hydrogen) atoms. The van der Waals surface area contributed by atoms with Crippen LogP contribution in [0.5, 0.6) is 5.75 Å². The van der Waals surface area contributed by atoms with Crippen molar-refractivity contribution in [3.63, 3.8) is 0 Å². The molecule has 2 amide bonds. The minimum Gasteiger partial charge on any atom is -0.497 e. The lowest BCUT2D eigenvalue weighted by Gasteiger charge is -2.29. The number of likely N-dealkylation sites (N-methyl/N-ethyl adjacent to an activating group) is 1. The fraction of sp³-hybridized carbons (Fsp3) is 0.636. The predicted octanol–water partition coefficient (Wildman–Crippen LogP) is 2.02. The number of carbonyl (C=O) groups is 2. The van der Waals surface area contributed by atoms with E-state index in [1.54, 1.807) is 19.2 Å². The summed E-state index contributed by atoms with van der Waals surface area (Å²) in [5.41, 5.74) is 0.834. The lowest BCUT2D eigenvalue weighted by Crippen LogP contribution is -2.55. The number of amides is 2. The lowest BCUT2D eigenvalue weighted by atomic mass is 10.0.